The molecular formula is C11H9FN2O. The van der Waals surface area contributed by atoms with E-state index in [0.717, 1.165) is 0 Å². The number of aromatic nitrogens is 1. The zero-order valence-corrected chi connectivity index (χ0v) is 7.85. The second kappa shape index (κ2) is 3.96. The van der Waals surface area contributed by atoms with Crippen molar-refractivity contribution >= 4 is 5.69 Å². The Morgan fingerprint density at radius 3 is 2.67 bits per heavy atom. The monoisotopic (exact) mass is 204 g/mol. The van der Waals surface area contributed by atoms with Gasteiger partial charge in [0.2, 0.25) is 0 Å². The van der Waals surface area contributed by atoms with E-state index in [1.807, 2.05) is 0 Å². The van der Waals surface area contributed by atoms with Crippen molar-refractivity contribution in [1.82, 2.24) is 4.98 Å². The number of nitrogens with zero attached hydrogens (tertiary/aromatic N) is 1. The van der Waals surface area contributed by atoms with E-state index in [9.17, 15) is 4.39 Å². The first kappa shape index (κ1) is 9.45. The van der Waals surface area contributed by atoms with E-state index in [-0.39, 0.29) is 5.88 Å². The summed E-state index contributed by atoms with van der Waals surface area (Å²) in [6.45, 7) is 0. The lowest BCUT2D eigenvalue weighted by atomic mass is 10.3. The van der Waals surface area contributed by atoms with Crippen LogP contribution in [-0.2, 0) is 0 Å². The minimum atomic E-state index is -0.513. The zero-order valence-electron chi connectivity index (χ0n) is 7.85. The topological polar surface area (TPSA) is 48.1 Å². The molecule has 0 spiro atoms. The maximum atomic E-state index is 13.2. The van der Waals surface area contributed by atoms with Crippen molar-refractivity contribution in [3.05, 3.63) is 48.4 Å². The first-order valence-corrected chi connectivity index (χ1v) is 4.40. The lowest BCUT2D eigenvalue weighted by molar-refractivity contribution is 0.424. The van der Waals surface area contributed by atoms with Crippen LogP contribution in [0.1, 0.15) is 0 Å². The largest absolute Gasteiger partial charge is 0.434 e. The maximum Gasteiger partial charge on any atom is 0.255 e. The van der Waals surface area contributed by atoms with E-state index in [0.29, 0.717) is 11.4 Å². The van der Waals surface area contributed by atoms with Gasteiger partial charge >= 0.3 is 0 Å². The first-order valence-electron chi connectivity index (χ1n) is 4.40. The molecule has 0 aliphatic rings. The molecule has 0 bridgehead atoms. The molecule has 2 rings (SSSR count). The number of benzene rings is 1. The third-order valence-electron chi connectivity index (χ3n) is 1.85. The van der Waals surface area contributed by atoms with Crippen LogP contribution in [0.25, 0.3) is 0 Å². The Morgan fingerprint density at radius 1 is 1.13 bits per heavy atom. The SMILES string of the molecule is Nc1ccccc1Oc1ncccc1F. The van der Waals surface area contributed by atoms with Gasteiger partial charge in [-0.1, -0.05) is 12.1 Å². The summed E-state index contributed by atoms with van der Waals surface area (Å²) < 4.78 is 18.4. The van der Waals surface area contributed by atoms with Gasteiger partial charge < -0.3 is 10.5 Å². The molecule has 4 heteroatoms. The fraction of sp³-hybridized carbons (Fsp3) is 0. The van der Waals surface area contributed by atoms with Crippen molar-refractivity contribution in [1.29, 1.82) is 0 Å². The molecule has 0 aliphatic heterocycles. The number of anilines is 1. The van der Waals surface area contributed by atoms with Crippen LogP contribution in [-0.4, -0.2) is 4.98 Å². The van der Waals surface area contributed by atoms with E-state index < -0.39 is 5.82 Å². The average Bonchev–Trinajstić information content (AvgIpc) is 2.24. The third-order valence-corrected chi connectivity index (χ3v) is 1.85. The summed E-state index contributed by atoms with van der Waals surface area (Å²) in [6.07, 6.45) is 1.46. The number of rotatable bonds is 2. The molecule has 0 fully saturated rings. The predicted molar refractivity (Wildman–Crippen MR) is 55.1 cm³/mol. The van der Waals surface area contributed by atoms with Gasteiger partial charge in [0, 0.05) is 6.20 Å². The highest BCUT2D eigenvalue weighted by Crippen LogP contribution is 2.26. The third kappa shape index (κ3) is 2.04. The molecule has 0 amide bonds. The van der Waals surface area contributed by atoms with Crippen molar-refractivity contribution in [3.8, 4) is 11.6 Å². The summed E-state index contributed by atoms with van der Waals surface area (Å²) in [6, 6.07) is 9.64. The van der Waals surface area contributed by atoms with E-state index in [1.54, 1.807) is 24.3 Å². The van der Waals surface area contributed by atoms with Crippen LogP contribution >= 0.6 is 0 Å². The van der Waals surface area contributed by atoms with Crippen molar-refractivity contribution in [3.63, 3.8) is 0 Å². The number of para-hydroxylation sites is 2. The lowest BCUT2D eigenvalue weighted by Crippen LogP contribution is -1.94. The standard InChI is InChI=1S/C11H9FN2O/c12-8-4-3-7-14-11(8)15-10-6-2-1-5-9(10)13/h1-7H,13H2. The summed E-state index contributed by atoms with van der Waals surface area (Å²) in [5.41, 5.74) is 6.09. The van der Waals surface area contributed by atoms with Crippen molar-refractivity contribution in [2.75, 3.05) is 5.73 Å². The fourth-order valence-electron chi connectivity index (χ4n) is 1.12. The molecule has 2 N–H and O–H groups in total. The minimum Gasteiger partial charge on any atom is -0.434 e. The van der Waals surface area contributed by atoms with Crippen LogP contribution < -0.4 is 10.5 Å². The number of hydrogen-bond acceptors (Lipinski definition) is 3. The molecule has 0 saturated heterocycles. The van der Waals surface area contributed by atoms with Crippen LogP contribution in [0.4, 0.5) is 10.1 Å². The van der Waals surface area contributed by atoms with Crippen LogP contribution in [0.3, 0.4) is 0 Å². The van der Waals surface area contributed by atoms with Gasteiger partial charge in [-0.3, -0.25) is 0 Å². The normalized spacial score (nSPS) is 9.93. The molecule has 0 aliphatic carbocycles. The van der Waals surface area contributed by atoms with Crippen LogP contribution in [0.2, 0.25) is 0 Å². The number of pyridine rings is 1. The molecular weight excluding hydrogens is 195 g/mol. The molecule has 2 aromatic rings. The lowest BCUT2D eigenvalue weighted by Gasteiger charge is -2.06. The van der Waals surface area contributed by atoms with E-state index in [1.165, 1.54) is 18.3 Å². The van der Waals surface area contributed by atoms with Crippen molar-refractivity contribution in [2.24, 2.45) is 0 Å². The smallest absolute Gasteiger partial charge is 0.255 e. The van der Waals surface area contributed by atoms with Gasteiger partial charge in [0.15, 0.2) is 11.6 Å². The summed E-state index contributed by atoms with van der Waals surface area (Å²) in [4.78, 5) is 3.76. The summed E-state index contributed by atoms with van der Waals surface area (Å²) in [5, 5.41) is 0. The number of nitrogen functional groups attached to an aromatic ring is 1. The minimum absolute atomic E-state index is 0.0737. The molecule has 0 saturated carbocycles. The Morgan fingerprint density at radius 2 is 1.93 bits per heavy atom. The highest BCUT2D eigenvalue weighted by atomic mass is 19.1. The molecule has 1 aromatic heterocycles. The molecule has 3 nitrogen and oxygen atoms in total. The summed E-state index contributed by atoms with van der Waals surface area (Å²) in [7, 11) is 0. The maximum absolute atomic E-state index is 13.2. The van der Waals surface area contributed by atoms with Crippen LogP contribution in [0, 0.1) is 5.82 Å². The molecule has 0 unspecified atom stereocenters. The quantitative estimate of drug-likeness (QED) is 0.765. The summed E-state index contributed by atoms with van der Waals surface area (Å²) >= 11 is 0. The fourth-order valence-corrected chi connectivity index (χ4v) is 1.12. The average molecular weight is 204 g/mol. The first-order chi connectivity index (χ1) is 7.27. The molecule has 1 aromatic carbocycles. The molecule has 76 valence electrons. The molecule has 15 heavy (non-hydrogen) atoms. The number of hydrogen-bond donors (Lipinski definition) is 1. The van der Waals surface area contributed by atoms with Gasteiger partial charge in [0.05, 0.1) is 5.69 Å². The van der Waals surface area contributed by atoms with Crippen molar-refractivity contribution < 1.29 is 9.13 Å². The van der Waals surface area contributed by atoms with E-state index >= 15 is 0 Å². The van der Waals surface area contributed by atoms with E-state index in [2.05, 4.69) is 4.98 Å². The second-order valence-corrected chi connectivity index (χ2v) is 2.93. The van der Waals surface area contributed by atoms with Crippen molar-refractivity contribution in [2.45, 2.75) is 0 Å². The van der Waals surface area contributed by atoms with Gasteiger partial charge in [-0.25, -0.2) is 9.37 Å². The number of nitrogens with two attached hydrogens (primary N) is 1. The Labute approximate surface area is 86.3 Å². The molecule has 1 heterocycles. The van der Waals surface area contributed by atoms with Crippen LogP contribution in [0.5, 0.6) is 11.6 Å². The van der Waals surface area contributed by atoms with Gasteiger partial charge in [-0.2, -0.15) is 0 Å². The Balaban J connectivity index is 2.30. The second-order valence-electron chi connectivity index (χ2n) is 2.93. The highest BCUT2D eigenvalue weighted by molar-refractivity contribution is 5.53. The Kier molecular flexibility index (Phi) is 2.49. The molecule has 0 radical (unpaired) electrons. The van der Waals surface area contributed by atoms with Crippen LogP contribution in [0.15, 0.2) is 42.6 Å². The van der Waals surface area contributed by atoms with E-state index in [4.69, 9.17) is 10.5 Å². The Bertz CT molecular complexity index is 430. The zero-order chi connectivity index (χ0) is 10.7. The van der Waals surface area contributed by atoms with Gasteiger partial charge in [-0.15, -0.1) is 0 Å². The Hall–Kier alpha value is -2.10. The predicted octanol–water partition coefficient (Wildman–Crippen LogP) is 2.60. The number of halogens is 1. The number of ether oxygens (including phenoxy) is 1. The van der Waals surface area contributed by atoms with Gasteiger partial charge in [-0.05, 0) is 24.3 Å². The van der Waals surface area contributed by atoms with Gasteiger partial charge in [0.1, 0.15) is 0 Å². The highest BCUT2D eigenvalue weighted by Gasteiger charge is 2.06. The molecule has 0 atom stereocenters. The van der Waals surface area contributed by atoms with Gasteiger partial charge in [0.25, 0.3) is 5.88 Å². The summed E-state index contributed by atoms with van der Waals surface area (Å²) in [5.74, 6) is -0.189.